The molecular formula is C15H24N2O. The fraction of sp³-hybridized carbons (Fsp3) is 0.600. The quantitative estimate of drug-likeness (QED) is 0.619. The minimum atomic E-state index is 0.329. The van der Waals surface area contributed by atoms with Crippen LogP contribution in [0.2, 0.25) is 0 Å². The van der Waals surface area contributed by atoms with E-state index in [1.807, 2.05) is 0 Å². The first-order valence-electron chi connectivity index (χ1n) is 7.08. The van der Waals surface area contributed by atoms with Gasteiger partial charge < -0.3 is 15.7 Å². The molecule has 1 aliphatic heterocycles. The summed E-state index contributed by atoms with van der Waals surface area (Å²) in [6.07, 6.45) is 5.64. The van der Waals surface area contributed by atoms with E-state index in [4.69, 9.17) is 5.11 Å². The molecule has 0 radical (unpaired) electrons. The Balaban J connectivity index is 1.66. The number of para-hydroxylation sites is 1. The van der Waals surface area contributed by atoms with Crippen molar-refractivity contribution in [1.82, 2.24) is 5.32 Å². The van der Waals surface area contributed by atoms with Crippen LogP contribution in [0.15, 0.2) is 18.2 Å². The highest BCUT2D eigenvalue weighted by Gasteiger charge is 2.12. The number of hydrogen-bond donors (Lipinski definition) is 3. The number of nitrogens with one attached hydrogen (secondary N) is 2. The molecule has 0 saturated heterocycles. The number of aliphatic hydroxyl groups is 1. The Labute approximate surface area is 110 Å². The summed E-state index contributed by atoms with van der Waals surface area (Å²) in [6, 6.07) is 6.58. The Morgan fingerprint density at radius 1 is 1.17 bits per heavy atom. The van der Waals surface area contributed by atoms with Gasteiger partial charge in [0, 0.05) is 25.4 Å². The third kappa shape index (κ3) is 3.72. The smallest absolute Gasteiger partial charge is 0.0431 e. The lowest BCUT2D eigenvalue weighted by atomic mass is 10.1. The topological polar surface area (TPSA) is 44.3 Å². The van der Waals surface area contributed by atoms with Gasteiger partial charge in [0.25, 0.3) is 0 Å². The van der Waals surface area contributed by atoms with Gasteiger partial charge in [-0.15, -0.1) is 0 Å². The van der Waals surface area contributed by atoms with Crippen LogP contribution in [0.5, 0.6) is 0 Å². The Hall–Kier alpha value is -1.06. The summed E-state index contributed by atoms with van der Waals surface area (Å²) in [5, 5.41) is 15.7. The van der Waals surface area contributed by atoms with Gasteiger partial charge in [0.05, 0.1) is 0 Å². The van der Waals surface area contributed by atoms with E-state index in [0.717, 1.165) is 38.9 Å². The highest BCUT2D eigenvalue weighted by atomic mass is 16.2. The first-order chi connectivity index (χ1) is 8.92. The average Bonchev–Trinajstić information content (AvgIpc) is 2.86. The molecule has 0 amide bonds. The molecule has 18 heavy (non-hydrogen) atoms. The minimum Gasteiger partial charge on any atom is -0.396 e. The zero-order chi connectivity index (χ0) is 12.6. The summed E-state index contributed by atoms with van der Waals surface area (Å²) in [5.74, 6) is 0. The van der Waals surface area contributed by atoms with Gasteiger partial charge in [0.2, 0.25) is 0 Å². The molecule has 3 heteroatoms. The van der Waals surface area contributed by atoms with Crippen LogP contribution in [0.1, 0.15) is 36.8 Å². The van der Waals surface area contributed by atoms with Crippen molar-refractivity contribution < 1.29 is 5.11 Å². The predicted molar refractivity (Wildman–Crippen MR) is 75.9 cm³/mol. The van der Waals surface area contributed by atoms with Crippen LogP contribution in [0.25, 0.3) is 0 Å². The lowest BCUT2D eigenvalue weighted by Gasteiger charge is -2.10. The molecule has 3 N–H and O–H groups in total. The van der Waals surface area contributed by atoms with E-state index in [1.54, 1.807) is 0 Å². The lowest BCUT2D eigenvalue weighted by molar-refractivity contribution is 0.282. The molecule has 1 aromatic rings. The van der Waals surface area contributed by atoms with Crippen LogP contribution in [0, 0.1) is 0 Å². The second-order valence-electron chi connectivity index (χ2n) is 4.94. The van der Waals surface area contributed by atoms with Crippen molar-refractivity contribution >= 4 is 5.69 Å². The molecule has 3 nitrogen and oxygen atoms in total. The van der Waals surface area contributed by atoms with E-state index >= 15 is 0 Å². The number of benzene rings is 1. The summed E-state index contributed by atoms with van der Waals surface area (Å²) >= 11 is 0. The Morgan fingerprint density at radius 2 is 2.06 bits per heavy atom. The molecule has 0 aromatic heterocycles. The van der Waals surface area contributed by atoms with Crippen molar-refractivity contribution in [3.05, 3.63) is 29.3 Å². The normalized spacial score (nSPS) is 13.4. The summed E-state index contributed by atoms with van der Waals surface area (Å²) in [5.41, 5.74) is 4.20. The molecule has 2 rings (SSSR count). The van der Waals surface area contributed by atoms with Crippen LogP contribution in [-0.4, -0.2) is 24.8 Å². The summed E-state index contributed by atoms with van der Waals surface area (Å²) in [6.45, 7) is 3.42. The molecule has 1 heterocycles. The van der Waals surface area contributed by atoms with E-state index in [9.17, 15) is 0 Å². The van der Waals surface area contributed by atoms with Crippen molar-refractivity contribution in [1.29, 1.82) is 0 Å². The maximum Gasteiger partial charge on any atom is 0.0431 e. The van der Waals surface area contributed by atoms with E-state index in [0.29, 0.717) is 6.61 Å². The second kappa shape index (κ2) is 7.39. The average molecular weight is 248 g/mol. The van der Waals surface area contributed by atoms with Gasteiger partial charge in [0.1, 0.15) is 0 Å². The third-order valence-corrected chi connectivity index (χ3v) is 3.51. The van der Waals surface area contributed by atoms with Gasteiger partial charge in [-0.25, -0.2) is 0 Å². The van der Waals surface area contributed by atoms with Crippen molar-refractivity contribution in [2.45, 2.75) is 38.6 Å². The second-order valence-corrected chi connectivity index (χ2v) is 4.94. The highest BCUT2D eigenvalue weighted by molar-refractivity contribution is 5.61. The maximum absolute atomic E-state index is 8.68. The first kappa shape index (κ1) is 13.4. The Morgan fingerprint density at radius 3 is 2.94 bits per heavy atom. The molecule has 0 aliphatic carbocycles. The molecular weight excluding hydrogens is 224 g/mol. The summed E-state index contributed by atoms with van der Waals surface area (Å²) in [7, 11) is 0. The molecule has 100 valence electrons. The van der Waals surface area contributed by atoms with Gasteiger partial charge in [-0.05, 0) is 36.9 Å². The lowest BCUT2D eigenvalue weighted by Crippen LogP contribution is -2.15. The highest BCUT2D eigenvalue weighted by Crippen LogP contribution is 2.26. The molecule has 0 saturated carbocycles. The molecule has 0 bridgehead atoms. The van der Waals surface area contributed by atoms with Gasteiger partial charge in [-0.3, -0.25) is 0 Å². The van der Waals surface area contributed by atoms with Crippen LogP contribution in [0.3, 0.4) is 0 Å². The van der Waals surface area contributed by atoms with Crippen LogP contribution < -0.4 is 10.6 Å². The third-order valence-electron chi connectivity index (χ3n) is 3.51. The number of hydrogen-bond acceptors (Lipinski definition) is 3. The van der Waals surface area contributed by atoms with Gasteiger partial charge in [0.15, 0.2) is 0 Å². The van der Waals surface area contributed by atoms with E-state index in [-0.39, 0.29) is 0 Å². The van der Waals surface area contributed by atoms with Crippen LogP contribution in [-0.2, 0) is 13.0 Å². The van der Waals surface area contributed by atoms with E-state index in [1.165, 1.54) is 29.7 Å². The van der Waals surface area contributed by atoms with Gasteiger partial charge >= 0.3 is 0 Å². The number of fused-ring (bicyclic) bond motifs is 1. The fourth-order valence-electron chi connectivity index (χ4n) is 2.50. The van der Waals surface area contributed by atoms with E-state index in [2.05, 4.69) is 28.8 Å². The van der Waals surface area contributed by atoms with Crippen molar-refractivity contribution in [2.75, 3.05) is 25.0 Å². The summed E-state index contributed by atoms with van der Waals surface area (Å²) < 4.78 is 0. The zero-order valence-corrected chi connectivity index (χ0v) is 11.0. The minimum absolute atomic E-state index is 0.329. The van der Waals surface area contributed by atoms with Gasteiger partial charge in [-0.2, -0.15) is 0 Å². The van der Waals surface area contributed by atoms with Gasteiger partial charge in [-0.1, -0.05) is 31.0 Å². The fourth-order valence-corrected chi connectivity index (χ4v) is 2.50. The number of anilines is 1. The molecule has 0 fully saturated rings. The largest absolute Gasteiger partial charge is 0.396 e. The Bertz CT molecular complexity index is 366. The monoisotopic (exact) mass is 248 g/mol. The molecule has 0 atom stereocenters. The first-order valence-corrected chi connectivity index (χ1v) is 7.08. The zero-order valence-electron chi connectivity index (χ0n) is 11.0. The van der Waals surface area contributed by atoms with Crippen molar-refractivity contribution in [3.63, 3.8) is 0 Å². The number of aliphatic hydroxyl groups excluding tert-OH is 1. The van der Waals surface area contributed by atoms with Crippen molar-refractivity contribution in [3.8, 4) is 0 Å². The predicted octanol–water partition coefficient (Wildman–Crippen LogP) is 2.30. The molecule has 0 spiro atoms. The molecule has 1 aromatic carbocycles. The van der Waals surface area contributed by atoms with Crippen LogP contribution >= 0.6 is 0 Å². The van der Waals surface area contributed by atoms with Crippen LogP contribution in [0.4, 0.5) is 5.69 Å². The number of unbranched alkanes of at least 4 members (excludes halogenated alkanes) is 3. The number of rotatable bonds is 8. The van der Waals surface area contributed by atoms with E-state index < -0.39 is 0 Å². The molecule has 0 unspecified atom stereocenters. The Kier molecular flexibility index (Phi) is 5.49. The molecule has 1 aliphatic rings. The standard InChI is InChI=1S/C15H24N2O/c18-11-4-2-1-3-9-16-12-14-7-5-6-13-8-10-17-15(13)14/h5-7,16-18H,1-4,8-12H2. The SMILES string of the molecule is OCCCCCCNCc1cccc2c1NCC2. The summed E-state index contributed by atoms with van der Waals surface area (Å²) in [4.78, 5) is 0. The maximum atomic E-state index is 8.68. The van der Waals surface area contributed by atoms with Crippen molar-refractivity contribution in [2.24, 2.45) is 0 Å².